The number of carbonyl (C=O) groups excluding carboxylic acids is 1. The lowest BCUT2D eigenvalue weighted by molar-refractivity contribution is 0.0209. The maximum atomic E-state index is 12.4. The Morgan fingerprint density at radius 3 is 2.58 bits per heavy atom. The van der Waals surface area contributed by atoms with E-state index in [4.69, 9.17) is 9.47 Å². The predicted molar refractivity (Wildman–Crippen MR) is 102 cm³/mol. The summed E-state index contributed by atoms with van der Waals surface area (Å²) in [4.78, 5) is 14.2. The van der Waals surface area contributed by atoms with Gasteiger partial charge in [-0.1, -0.05) is 43.3 Å². The normalized spacial score (nSPS) is 16.8. The zero-order valence-electron chi connectivity index (χ0n) is 16.0. The molecule has 0 saturated carbocycles. The summed E-state index contributed by atoms with van der Waals surface area (Å²) in [5.41, 5.74) is 3.07. The zero-order chi connectivity index (χ0) is 18.7. The van der Waals surface area contributed by atoms with Gasteiger partial charge < -0.3 is 14.4 Å². The number of benzene rings is 2. The van der Waals surface area contributed by atoms with Gasteiger partial charge >= 0.3 is 6.09 Å². The van der Waals surface area contributed by atoms with E-state index in [-0.39, 0.29) is 12.0 Å². The van der Waals surface area contributed by atoms with Crippen LogP contribution in [0, 0.1) is 0 Å². The lowest BCUT2D eigenvalue weighted by Gasteiger charge is -2.34. The van der Waals surface area contributed by atoms with Crippen molar-refractivity contribution < 1.29 is 14.3 Å². The third-order valence-electron chi connectivity index (χ3n) is 4.40. The van der Waals surface area contributed by atoms with Gasteiger partial charge in [0.2, 0.25) is 0 Å². The summed E-state index contributed by atoms with van der Waals surface area (Å²) in [5.74, 6) is 1.11. The first kappa shape index (κ1) is 18.3. The first-order valence-electron chi connectivity index (χ1n) is 9.09. The van der Waals surface area contributed by atoms with Crippen molar-refractivity contribution in [1.29, 1.82) is 0 Å². The number of carbonyl (C=O) groups is 1. The molecule has 3 rings (SSSR count). The van der Waals surface area contributed by atoms with Gasteiger partial charge in [-0.2, -0.15) is 0 Å². The zero-order valence-corrected chi connectivity index (χ0v) is 16.0. The lowest BCUT2D eigenvalue weighted by atomic mass is 9.91. The van der Waals surface area contributed by atoms with Gasteiger partial charge in [-0.15, -0.1) is 0 Å². The Morgan fingerprint density at radius 2 is 1.88 bits per heavy atom. The Balaban J connectivity index is 1.69. The third-order valence-corrected chi connectivity index (χ3v) is 4.40. The quantitative estimate of drug-likeness (QED) is 0.769. The molecule has 4 heteroatoms. The van der Waals surface area contributed by atoms with Crippen molar-refractivity contribution in [3.05, 3.63) is 65.2 Å². The van der Waals surface area contributed by atoms with E-state index in [0.29, 0.717) is 19.7 Å². The molecule has 0 aromatic heterocycles. The molecule has 1 amide bonds. The summed E-state index contributed by atoms with van der Waals surface area (Å²) in [7, 11) is 0. The summed E-state index contributed by atoms with van der Waals surface area (Å²) in [6, 6.07) is 16.3. The van der Waals surface area contributed by atoms with Gasteiger partial charge in [-0.3, -0.25) is 0 Å². The Bertz CT molecular complexity index is 765. The monoisotopic (exact) mass is 353 g/mol. The van der Waals surface area contributed by atoms with Crippen LogP contribution >= 0.6 is 0 Å². The average Bonchev–Trinajstić information content (AvgIpc) is 2.59. The average molecular weight is 353 g/mol. The number of hydrogen-bond donors (Lipinski definition) is 0. The van der Waals surface area contributed by atoms with Crippen LogP contribution < -0.4 is 4.74 Å². The van der Waals surface area contributed by atoms with Gasteiger partial charge in [0.1, 0.15) is 18.0 Å². The molecule has 4 nitrogen and oxygen atoms in total. The van der Waals surface area contributed by atoms with E-state index >= 15 is 0 Å². The number of amides is 1. The molecular weight excluding hydrogens is 326 g/mol. The molecule has 0 N–H and O–H groups in total. The Kier molecular flexibility index (Phi) is 5.21. The van der Waals surface area contributed by atoms with Crippen LogP contribution in [0.15, 0.2) is 48.5 Å². The lowest BCUT2D eigenvalue weighted by Crippen LogP contribution is -2.41. The van der Waals surface area contributed by atoms with Crippen LogP contribution in [0.3, 0.4) is 0 Å². The largest absolute Gasteiger partial charge is 0.489 e. The van der Waals surface area contributed by atoms with Crippen LogP contribution in [0.5, 0.6) is 5.75 Å². The standard InChI is InChI=1S/C22H27NO3/c1-16-13-23(21(24)26-22(2,3)4)14-18-10-11-19(12-20(16)18)25-15-17-8-6-5-7-9-17/h5-12,16H,13-15H2,1-4H3. The molecule has 0 fully saturated rings. The molecule has 0 spiro atoms. The topological polar surface area (TPSA) is 38.8 Å². The predicted octanol–water partition coefficient (Wildman–Crippen LogP) is 5.12. The number of rotatable bonds is 3. The molecule has 0 saturated heterocycles. The fourth-order valence-electron chi connectivity index (χ4n) is 3.17. The van der Waals surface area contributed by atoms with Gasteiger partial charge in [0.15, 0.2) is 0 Å². The van der Waals surface area contributed by atoms with Crippen molar-refractivity contribution in [2.24, 2.45) is 0 Å². The molecule has 1 unspecified atom stereocenters. The molecular formula is C22H27NO3. The number of fused-ring (bicyclic) bond motifs is 1. The number of ether oxygens (including phenoxy) is 2. The van der Waals surface area contributed by atoms with Crippen LogP contribution in [-0.4, -0.2) is 23.1 Å². The highest BCUT2D eigenvalue weighted by molar-refractivity contribution is 5.69. The molecule has 1 aliphatic rings. The smallest absolute Gasteiger partial charge is 0.410 e. The van der Waals surface area contributed by atoms with Gasteiger partial charge in [-0.25, -0.2) is 4.79 Å². The van der Waals surface area contributed by atoms with Gasteiger partial charge in [0.25, 0.3) is 0 Å². The summed E-state index contributed by atoms with van der Waals surface area (Å²) < 4.78 is 11.5. The highest BCUT2D eigenvalue weighted by Crippen LogP contribution is 2.32. The van der Waals surface area contributed by atoms with E-state index < -0.39 is 5.60 Å². The molecule has 138 valence electrons. The van der Waals surface area contributed by atoms with E-state index in [2.05, 4.69) is 31.2 Å². The van der Waals surface area contributed by atoms with Crippen LogP contribution in [0.1, 0.15) is 50.3 Å². The molecule has 2 aromatic rings. The van der Waals surface area contributed by atoms with Crippen molar-refractivity contribution >= 4 is 6.09 Å². The van der Waals surface area contributed by atoms with Crippen molar-refractivity contribution in [3.63, 3.8) is 0 Å². The first-order chi connectivity index (χ1) is 12.3. The second-order valence-corrected chi connectivity index (χ2v) is 7.90. The molecule has 26 heavy (non-hydrogen) atoms. The van der Waals surface area contributed by atoms with Crippen LogP contribution in [0.4, 0.5) is 4.79 Å². The second kappa shape index (κ2) is 7.40. The van der Waals surface area contributed by atoms with Crippen LogP contribution in [0.2, 0.25) is 0 Å². The van der Waals surface area contributed by atoms with Crippen LogP contribution in [-0.2, 0) is 17.9 Å². The van der Waals surface area contributed by atoms with E-state index in [1.807, 2.05) is 45.0 Å². The SMILES string of the molecule is CC1CN(C(=O)OC(C)(C)C)Cc2ccc(OCc3ccccc3)cc21. The fraction of sp³-hybridized carbons (Fsp3) is 0.409. The number of hydrogen-bond acceptors (Lipinski definition) is 3. The summed E-state index contributed by atoms with van der Waals surface area (Å²) in [5, 5.41) is 0. The molecule has 1 atom stereocenters. The molecule has 0 bridgehead atoms. The fourth-order valence-corrected chi connectivity index (χ4v) is 3.17. The highest BCUT2D eigenvalue weighted by atomic mass is 16.6. The van der Waals surface area contributed by atoms with E-state index in [1.54, 1.807) is 4.90 Å². The van der Waals surface area contributed by atoms with E-state index in [0.717, 1.165) is 16.9 Å². The molecule has 1 aliphatic heterocycles. The van der Waals surface area contributed by atoms with E-state index in [1.165, 1.54) is 5.56 Å². The second-order valence-electron chi connectivity index (χ2n) is 7.90. The maximum Gasteiger partial charge on any atom is 0.410 e. The first-order valence-corrected chi connectivity index (χ1v) is 9.09. The number of nitrogens with zero attached hydrogens (tertiary/aromatic N) is 1. The van der Waals surface area contributed by atoms with Gasteiger partial charge in [-0.05, 0) is 55.5 Å². The summed E-state index contributed by atoms with van der Waals surface area (Å²) in [6.45, 7) is 9.60. The van der Waals surface area contributed by atoms with Crippen molar-refractivity contribution in [1.82, 2.24) is 4.90 Å². The molecule has 0 aliphatic carbocycles. The van der Waals surface area contributed by atoms with Gasteiger partial charge in [0.05, 0.1) is 0 Å². The molecule has 0 radical (unpaired) electrons. The Morgan fingerprint density at radius 1 is 1.15 bits per heavy atom. The molecule has 1 heterocycles. The minimum atomic E-state index is -0.476. The van der Waals surface area contributed by atoms with Crippen LogP contribution in [0.25, 0.3) is 0 Å². The van der Waals surface area contributed by atoms with E-state index in [9.17, 15) is 4.79 Å². The van der Waals surface area contributed by atoms with Crippen molar-refractivity contribution in [2.45, 2.75) is 52.4 Å². The summed E-state index contributed by atoms with van der Waals surface area (Å²) in [6.07, 6.45) is -0.251. The minimum Gasteiger partial charge on any atom is -0.489 e. The minimum absolute atomic E-state index is 0.242. The third kappa shape index (κ3) is 4.57. The molecule has 2 aromatic carbocycles. The Labute approximate surface area is 155 Å². The summed E-state index contributed by atoms with van der Waals surface area (Å²) >= 11 is 0. The van der Waals surface area contributed by atoms with Crippen molar-refractivity contribution in [2.75, 3.05) is 6.54 Å². The maximum absolute atomic E-state index is 12.4. The highest BCUT2D eigenvalue weighted by Gasteiger charge is 2.29. The van der Waals surface area contributed by atoms with Gasteiger partial charge in [0, 0.05) is 13.1 Å². The van der Waals surface area contributed by atoms with Crippen molar-refractivity contribution in [3.8, 4) is 5.75 Å². The Hall–Kier alpha value is -2.49.